The van der Waals surface area contributed by atoms with Crippen LogP contribution in [-0.2, 0) is 14.3 Å². The summed E-state index contributed by atoms with van der Waals surface area (Å²) in [5, 5.41) is 0. The summed E-state index contributed by atoms with van der Waals surface area (Å²) >= 11 is 0. The van der Waals surface area contributed by atoms with Crippen molar-refractivity contribution in [3.63, 3.8) is 0 Å². The minimum absolute atomic E-state index is 0.0413. The van der Waals surface area contributed by atoms with E-state index in [0.717, 1.165) is 11.3 Å². The third-order valence-electron chi connectivity index (χ3n) is 5.67. The lowest BCUT2D eigenvalue weighted by molar-refractivity contribution is -0.150. The first-order valence-electron chi connectivity index (χ1n) is 10.3. The molecule has 0 spiro atoms. The monoisotopic (exact) mass is 413 g/mol. The van der Waals surface area contributed by atoms with Crippen molar-refractivity contribution in [2.45, 2.75) is 59.5 Å². The highest BCUT2D eigenvalue weighted by atomic mass is 16.5. The average Bonchev–Trinajstić information content (AvgIpc) is 2.64. The summed E-state index contributed by atoms with van der Waals surface area (Å²) in [6.07, 6.45) is 0.866. The Balaban J connectivity index is 2.19. The number of ether oxygens (including phenoxy) is 3. The summed E-state index contributed by atoms with van der Waals surface area (Å²) in [5.41, 5.74) is 2.73. The van der Waals surface area contributed by atoms with Crippen LogP contribution in [-0.4, -0.2) is 37.8 Å². The number of carbonyl (C=O) groups is 2. The Bertz CT molecular complexity index is 926. The van der Waals surface area contributed by atoms with Gasteiger partial charge >= 0.3 is 5.97 Å². The van der Waals surface area contributed by atoms with Gasteiger partial charge in [-0.3, -0.25) is 14.6 Å². The fourth-order valence-electron chi connectivity index (χ4n) is 4.46. The summed E-state index contributed by atoms with van der Waals surface area (Å²) in [4.78, 5) is 31.1. The van der Waals surface area contributed by atoms with Crippen molar-refractivity contribution in [1.29, 1.82) is 0 Å². The maximum atomic E-state index is 13.3. The molecule has 3 rings (SSSR count). The molecule has 0 aromatic heterocycles. The fourth-order valence-corrected chi connectivity index (χ4v) is 4.46. The Morgan fingerprint density at radius 2 is 1.80 bits per heavy atom. The smallest absolute Gasteiger partial charge is 0.315 e. The molecule has 2 aliphatic rings. The molecule has 1 aliphatic carbocycles. The maximum Gasteiger partial charge on any atom is 0.315 e. The van der Waals surface area contributed by atoms with Crippen molar-refractivity contribution in [2.75, 3.05) is 14.2 Å². The number of esters is 1. The van der Waals surface area contributed by atoms with Gasteiger partial charge in [0.05, 0.1) is 20.3 Å². The van der Waals surface area contributed by atoms with Crippen molar-refractivity contribution in [2.24, 2.45) is 16.3 Å². The Morgan fingerprint density at radius 1 is 1.13 bits per heavy atom. The molecule has 0 radical (unpaired) electrons. The van der Waals surface area contributed by atoms with Crippen molar-refractivity contribution in [3.05, 3.63) is 35.0 Å². The van der Waals surface area contributed by atoms with Crippen LogP contribution in [0.15, 0.2) is 34.5 Å². The third-order valence-corrected chi connectivity index (χ3v) is 5.67. The van der Waals surface area contributed by atoms with Gasteiger partial charge in [0.15, 0.2) is 17.3 Å². The predicted octanol–water partition coefficient (Wildman–Crippen LogP) is 4.47. The average molecular weight is 414 g/mol. The number of benzene rings is 1. The number of nitrogens with zero attached hydrogens (tertiary/aromatic N) is 1. The zero-order valence-corrected chi connectivity index (χ0v) is 18.9. The highest BCUT2D eigenvalue weighted by Gasteiger charge is 2.46. The number of methoxy groups -OCH3 is 2. The highest BCUT2D eigenvalue weighted by molar-refractivity contribution is 6.09. The number of Topliss-reactive ketones (excluding diaryl/α,β-unsaturated/α-hetero) is 1. The molecule has 1 heterocycles. The number of ketones is 1. The SMILES string of the molecule is COc1ccc([C@H]2C3=C(CC(C)(C)CC3=O)N=C(C)C2C(=O)OC(C)C)cc1OC. The molecule has 0 saturated carbocycles. The molecule has 1 aliphatic heterocycles. The van der Waals surface area contributed by atoms with Gasteiger partial charge in [-0.2, -0.15) is 0 Å². The van der Waals surface area contributed by atoms with Crippen LogP contribution >= 0.6 is 0 Å². The number of rotatable bonds is 5. The van der Waals surface area contributed by atoms with Crippen molar-refractivity contribution in [3.8, 4) is 11.5 Å². The van der Waals surface area contributed by atoms with Gasteiger partial charge in [-0.1, -0.05) is 19.9 Å². The zero-order chi connectivity index (χ0) is 22.2. The zero-order valence-electron chi connectivity index (χ0n) is 18.9. The lowest BCUT2D eigenvalue weighted by atomic mass is 9.67. The van der Waals surface area contributed by atoms with E-state index < -0.39 is 11.8 Å². The first-order chi connectivity index (χ1) is 14.1. The van der Waals surface area contributed by atoms with Crippen LogP contribution in [0.1, 0.15) is 58.9 Å². The van der Waals surface area contributed by atoms with E-state index in [-0.39, 0.29) is 23.3 Å². The highest BCUT2D eigenvalue weighted by Crippen LogP contribution is 2.48. The Morgan fingerprint density at radius 3 is 2.40 bits per heavy atom. The van der Waals surface area contributed by atoms with E-state index in [4.69, 9.17) is 19.2 Å². The van der Waals surface area contributed by atoms with E-state index in [0.29, 0.717) is 35.6 Å². The summed E-state index contributed by atoms with van der Waals surface area (Å²) in [6, 6.07) is 5.53. The number of allylic oxidation sites excluding steroid dienone is 2. The van der Waals surface area contributed by atoms with Gasteiger partial charge in [0, 0.05) is 29.3 Å². The van der Waals surface area contributed by atoms with Crippen molar-refractivity contribution >= 4 is 17.5 Å². The molecule has 0 bridgehead atoms. The van der Waals surface area contributed by atoms with Crippen LogP contribution in [0.5, 0.6) is 11.5 Å². The Hall–Kier alpha value is -2.63. The molecule has 1 aromatic rings. The quantitative estimate of drug-likeness (QED) is 0.666. The van der Waals surface area contributed by atoms with Crippen LogP contribution in [0.2, 0.25) is 0 Å². The van der Waals surface area contributed by atoms with Gasteiger partial charge in [-0.15, -0.1) is 0 Å². The van der Waals surface area contributed by atoms with Crippen LogP contribution in [0.25, 0.3) is 0 Å². The molecule has 0 N–H and O–H groups in total. The summed E-state index contributed by atoms with van der Waals surface area (Å²) in [5.74, 6) is -0.303. The van der Waals surface area contributed by atoms with E-state index in [2.05, 4.69) is 13.8 Å². The normalized spacial score (nSPS) is 23.1. The standard InChI is InChI=1S/C24H31NO5/c1-13(2)30-23(27)20-14(3)25-16-11-24(4,5)12-17(26)22(16)21(20)15-8-9-18(28-6)19(10-15)29-7/h8-10,13,20-21H,11-12H2,1-7H3/t20?,21-/m1/s1. The van der Waals surface area contributed by atoms with Crippen molar-refractivity contribution in [1.82, 2.24) is 0 Å². The lowest BCUT2D eigenvalue weighted by Crippen LogP contribution is -2.40. The molecule has 6 heteroatoms. The molecule has 0 saturated heterocycles. The number of carbonyl (C=O) groups excluding carboxylic acids is 2. The minimum atomic E-state index is -0.658. The second kappa shape index (κ2) is 8.25. The van der Waals surface area contributed by atoms with Gasteiger partial charge in [-0.05, 0) is 50.3 Å². The second-order valence-corrected chi connectivity index (χ2v) is 9.11. The van der Waals surface area contributed by atoms with Gasteiger partial charge in [0.2, 0.25) is 0 Å². The van der Waals surface area contributed by atoms with Gasteiger partial charge < -0.3 is 14.2 Å². The Kier molecular flexibility index (Phi) is 6.06. The first-order valence-corrected chi connectivity index (χ1v) is 10.3. The number of aliphatic imine (C=N–C) groups is 1. The summed E-state index contributed by atoms with van der Waals surface area (Å²) in [6.45, 7) is 9.62. The molecular weight excluding hydrogens is 382 g/mol. The molecule has 6 nitrogen and oxygen atoms in total. The van der Waals surface area contributed by atoms with Crippen LogP contribution < -0.4 is 9.47 Å². The van der Waals surface area contributed by atoms with E-state index in [9.17, 15) is 9.59 Å². The Labute approximate surface area is 178 Å². The molecule has 1 unspecified atom stereocenters. The molecule has 1 aromatic carbocycles. The maximum absolute atomic E-state index is 13.3. The van der Waals surface area contributed by atoms with Crippen LogP contribution in [0, 0.1) is 11.3 Å². The molecule has 2 atom stereocenters. The predicted molar refractivity (Wildman–Crippen MR) is 115 cm³/mol. The lowest BCUT2D eigenvalue weighted by Gasteiger charge is -2.39. The fraction of sp³-hybridized carbons (Fsp3) is 0.542. The minimum Gasteiger partial charge on any atom is -0.493 e. The number of hydrogen-bond acceptors (Lipinski definition) is 6. The van der Waals surface area contributed by atoms with Crippen LogP contribution in [0.4, 0.5) is 0 Å². The van der Waals surface area contributed by atoms with Gasteiger partial charge in [0.25, 0.3) is 0 Å². The second-order valence-electron chi connectivity index (χ2n) is 9.11. The molecule has 0 fully saturated rings. The molecule has 0 amide bonds. The topological polar surface area (TPSA) is 74.2 Å². The van der Waals surface area contributed by atoms with E-state index in [1.54, 1.807) is 20.3 Å². The van der Waals surface area contributed by atoms with Gasteiger partial charge in [0.1, 0.15) is 5.92 Å². The first kappa shape index (κ1) is 22.1. The summed E-state index contributed by atoms with van der Waals surface area (Å²) in [7, 11) is 3.14. The van der Waals surface area contributed by atoms with E-state index in [1.165, 1.54) is 0 Å². The molecule has 30 heavy (non-hydrogen) atoms. The van der Waals surface area contributed by atoms with Crippen molar-refractivity contribution < 1.29 is 23.8 Å². The molecular formula is C24H31NO5. The van der Waals surface area contributed by atoms with Gasteiger partial charge in [-0.25, -0.2) is 0 Å². The number of hydrogen-bond donors (Lipinski definition) is 0. The largest absolute Gasteiger partial charge is 0.493 e. The summed E-state index contributed by atoms with van der Waals surface area (Å²) < 4.78 is 16.4. The van der Waals surface area contributed by atoms with Crippen LogP contribution in [0.3, 0.4) is 0 Å². The van der Waals surface area contributed by atoms with E-state index >= 15 is 0 Å². The third kappa shape index (κ3) is 4.13. The van der Waals surface area contributed by atoms with E-state index in [1.807, 2.05) is 32.9 Å². The molecule has 162 valence electrons.